The minimum absolute atomic E-state index is 0.169. The summed E-state index contributed by atoms with van der Waals surface area (Å²) in [5.74, 6) is 1.14. The van der Waals surface area contributed by atoms with Gasteiger partial charge in [-0.1, -0.05) is 30.3 Å². The van der Waals surface area contributed by atoms with Gasteiger partial charge in [0.05, 0.1) is 7.11 Å². The summed E-state index contributed by atoms with van der Waals surface area (Å²) < 4.78 is 5.26. The van der Waals surface area contributed by atoms with Gasteiger partial charge in [0, 0.05) is 45.0 Å². The number of amides is 1. The molecule has 0 radical (unpaired) electrons. The van der Waals surface area contributed by atoms with Crippen molar-refractivity contribution in [3.8, 4) is 5.75 Å². The third-order valence-corrected chi connectivity index (χ3v) is 5.88. The summed E-state index contributed by atoms with van der Waals surface area (Å²) in [4.78, 5) is 20.1. The quantitative estimate of drug-likeness (QED) is 0.799. The van der Waals surface area contributed by atoms with E-state index in [4.69, 9.17) is 4.74 Å². The van der Waals surface area contributed by atoms with E-state index in [0.717, 1.165) is 63.4 Å². The zero-order valence-electron chi connectivity index (χ0n) is 16.6. The Labute approximate surface area is 167 Å². The summed E-state index contributed by atoms with van der Waals surface area (Å²) in [5.41, 5.74) is 2.32. The van der Waals surface area contributed by atoms with Crippen molar-refractivity contribution in [1.29, 1.82) is 0 Å². The number of methoxy groups -OCH3 is 1. The standard InChI is InChI=1S/C23H29N3O2/c1-28-21-11-9-20(10-12-21)24-15-17-25(18-16-24)22(19-7-3-2-4-8-19)23(27)26-13-5-6-14-26/h2-4,7-12,22H,5-6,13-18H2,1H3. The van der Waals surface area contributed by atoms with Crippen LogP contribution in [0.2, 0.25) is 0 Å². The first-order valence-corrected chi connectivity index (χ1v) is 10.2. The Balaban J connectivity index is 1.48. The first-order valence-electron chi connectivity index (χ1n) is 10.2. The van der Waals surface area contributed by atoms with Gasteiger partial charge in [-0.25, -0.2) is 0 Å². The van der Waals surface area contributed by atoms with E-state index < -0.39 is 0 Å². The molecule has 0 spiro atoms. The third-order valence-electron chi connectivity index (χ3n) is 5.88. The van der Waals surface area contributed by atoms with Gasteiger partial charge in [-0.3, -0.25) is 9.69 Å². The molecule has 1 atom stereocenters. The van der Waals surface area contributed by atoms with Gasteiger partial charge in [0.25, 0.3) is 0 Å². The van der Waals surface area contributed by atoms with Crippen molar-refractivity contribution in [1.82, 2.24) is 9.80 Å². The van der Waals surface area contributed by atoms with Crippen LogP contribution in [0, 0.1) is 0 Å². The van der Waals surface area contributed by atoms with Crippen LogP contribution >= 0.6 is 0 Å². The molecule has 5 heteroatoms. The number of benzene rings is 2. The van der Waals surface area contributed by atoms with Crippen molar-refractivity contribution in [2.45, 2.75) is 18.9 Å². The van der Waals surface area contributed by atoms with E-state index in [1.807, 2.05) is 35.2 Å². The Bertz CT molecular complexity index is 764. The number of ether oxygens (including phenoxy) is 1. The van der Waals surface area contributed by atoms with Crippen LogP contribution in [0.1, 0.15) is 24.4 Å². The predicted octanol–water partition coefficient (Wildman–Crippen LogP) is 3.18. The molecule has 28 heavy (non-hydrogen) atoms. The number of anilines is 1. The zero-order chi connectivity index (χ0) is 19.3. The summed E-state index contributed by atoms with van der Waals surface area (Å²) in [6.45, 7) is 5.39. The Morgan fingerprint density at radius 1 is 0.857 bits per heavy atom. The molecule has 0 saturated carbocycles. The average molecular weight is 380 g/mol. The van der Waals surface area contributed by atoms with Gasteiger partial charge in [0.1, 0.15) is 11.8 Å². The smallest absolute Gasteiger partial charge is 0.244 e. The molecule has 1 unspecified atom stereocenters. The molecular formula is C23H29N3O2. The highest BCUT2D eigenvalue weighted by Crippen LogP contribution is 2.28. The summed E-state index contributed by atoms with van der Waals surface area (Å²) in [7, 11) is 1.69. The Morgan fingerprint density at radius 3 is 2.11 bits per heavy atom. The maximum Gasteiger partial charge on any atom is 0.244 e. The molecule has 148 valence electrons. The number of carbonyl (C=O) groups is 1. The van der Waals surface area contributed by atoms with Crippen molar-refractivity contribution < 1.29 is 9.53 Å². The second-order valence-electron chi connectivity index (χ2n) is 7.57. The summed E-state index contributed by atoms with van der Waals surface area (Å²) in [6, 6.07) is 18.3. The normalized spacial score (nSPS) is 18.9. The largest absolute Gasteiger partial charge is 0.497 e. The van der Waals surface area contributed by atoms with Gasteiger partial charge < -0.3 is 14.5 Å². The highest BCUT2D eigenvalue weighted by Gasteiger charge is 2.34. The van der Waals surface area contributed by atoms with Gasteiger partial charge in [-0.05, 0) is 42.7 Å². The van der Waals surface area contributed by atoms with Gasteiger partial charge in [-0.2, -0.15) is 0 Å². The van der Waals surface area contributed by atoms with Crippen LogP contribution in [0.5, 0.6) is 5.75 Å². The van der Waals surface area contributed by atoms with Crippen LogP contribution in [0.15, 0.2) is 54.6 Å². The number of hydrogen-bond acceptors (Lipinski definition) is 4. The maximum atomic E-state index is 13.3. The molecule has 0 aromatic heterocycles. The highest BCUT2D eigenvalue weighted by atomic mass is 16.5. The zero-order valence-corrected chi connectivity index (χ0v) is 16.6. The van der Waals surface area contributed by atoms with Crippen molar-refractivity contribution in [3.05, 3.63) is 60.2 Å². The van der Waals surface area contributed by atoms with Gasteiger partial charge in [0.2, 0.25) is 5.91 Å². The molecule has 5 nitrogen and oxygen atoms in total. The predicted molar refractivity (Wildman–Crippen MR) is 112 cm³/mol. The molecule has 0 bridgehead atoms. The van der Waals surface area contributed by atoms with Crippen LogP contribution in [0.4, 0.5) is 5.69 Å². The number of rotatable bonds is 5. The SMILES string of the molecule is COc1ccc(N2CCN(C(C(=O)N3CCCC3)c3ccccc3)CC2)cc1. The van der Waals surface area contributed by atoms with Crippen LogP contribution in [0.25, 0.3) is 0 Å². The summed E-state index contributed by atoms with van der Waals surface area (Å²) in [6.07, 6.45) is 2.25. The third kappa shape index (κ3) is 3.99. The summed E-state index contributed by atoms with van der Waals surface area (Å²) in [5, 5.41) is 0. The molecule has 2 aliphatic rings. The molecule has 2 aromatic carbocycles. The van der Waals surface area contributed by atoms with E-state index in [1.165, 1.54) is 5.69 Å². The monoisotopic (exact) mass is 379 g/mol. The Kier molecular flexibility index (Phi) is 5.81. The molecule has 2 aromatic rings. The fourth-order valence-corrected chi connectivity index (χ4v) is 4.29. The molecule has 0 aliphatic carbocycles. The van der Waals surface area contributed by atoms with E-state index in [2.05, 4.69) is 34.1 Å². The molecule has 1 amide bonds. The van der Waals surface area contributed by atoms with Gasteiger partial charge in [0.15, 0.2) is 0 Å². The van der Waals surface area contributed by atoms with Gasteiger partial charge >= 0.3 is 0 Å². The Hall–Kier alpha value is -2.53. The number of hydrogen-bond donors (Lipinski definition) is 0. The molecule has 0 N–H and O–H groups in total. The van der Waals surface area contributed by atoms with Crippen molar-refractivity contribution >= 4 is 11.6 Å². The molecule has 4 rings (SSSR count). The number of nitrogens with zero attached hydrogens (tertiary/aromatic N) is 3. The average Bonchev–Trinajstić information content (AvgIpc) is 3.30. The lowest BCUT2D eigenvalue weighted by Gasteiger charge is -2.40. The fourth-order valence-electron chi connectivity index (χ4n) is 4.29. The Morgan fingerprint density at radius 2 is 1.50 bits per heavy atom. The molecule has 2 heterocycles. The van der Waals surface area contributed by atoms with E-state index in [9.17, 15) is 4.79 Å². The van der Waals surface area contributed by atoms with E-state index in [-0.39, 0.29) is 11.9 Å². The van der Waals surface area contributed by atoms with E-state index >= 15 is 0 Å². The molecule has 2 saturated heterocycles. The first-order chi connectivity index (χ1) is 13.8. The van der Waals surface area contributed by atoms with Crippen molar-refractivity contribution in [3.63, 3.8) is 0 Å². The second kappa shape index (κ2) is 8.65. The van der Waals surface area contributed by atoms with Crippen LogP contribution in [-0.2, 0) is 4.79 Å². The van der Waals surface area contributed by atoms with Crippen LogP contribution < -0.4 is 9.64 Å². The van der Waals surface area contributed by atoms with Crippen LogP contribution in [-0.4, -0.2) is 62.1 Å². The van der Waals surface area contributed by atoms with E-state index in [0.29, 0.717) is 0 Å². The summed E-state index contributed by atoms with van der Waals surface area (Å²) >= 11 is 0. The number of piperazine rings is 1. The second-order valence-corrected chi connectivity index (χ2v) is 7.57. The number of carbonyl (C=O) groups excluding carboxylic acids is 1. The van der Waals surface area contributed by atoms with E-state index in [1.54, 1.807) is 7.11 Å². The molecule has 2 aliphatic heterocycles. The lowest BCUT2D eigenvalue weighted by molar-refractivity contribution is -0.136. The lowest BCUT2D eigenvalue weighted by Crippen LogP contribution is -2.51. The molecule has 2 fully saturated rings. The topological polar surface area (TPSA) is 36.0 Å². The fraction of sp³-hybridized carbons (Fsp3) is 0.435. The lowest BCUT2D eigenvalue weighted by atomic mass is 10.0. The highest BCUT2D eigenvalue weighted by molar-refractivity contribution is 5.83. The maximum absolute atomic E-state index is 13.3. The van der Waals surface area contributed by atoms with Crippen LogP contribution in [0.3, 0.4) is 0 Å². The molecular weight excluding hydrogens is 350 g/mol. The van der Waals surface area contributed by atoms with Crippen molar-refractivity contribution in [2.75, 3.05) is 51.3 Å². The minimum Gasteiger partial charge on any atom is -0.497 e. The first kappa shape index (κ1) is 18.8. The minimum atomic E-state index is -0.169. The number of likely N-dealkylation sites (tertiary alicyclic amines) is 1. The van der Waals surface area contributed by atoms with Gasteiger partial charge in [-0.15, -0.1) is 0 Å². The van der Waals surface area contributed by atoms with Crippen molar-refractivity contribution in [2.24, 2.45) is 0 Å².